The van der Waals surface area contributed by atoms with Crippen LogP contribution in [0.25, 0.3) is 0 Å². The third-order valence-electron chi connectivity index (χ3n) is 3.99. The molecule has 5 nitrogen and oxygen atoms in total. The number of hydrogen-bond donors (Lipinski definition) is 1. The van der Waals surface area contributed by atoms with Crippen LogP contribution in [0.15, 0.2) is 41.3 Å². The molecule has 0 aliphatic rings. The maximum Gasteiger partial charge on any atom is 0.245 e. The topological polar surface area (TPSA) is 80.5 Å². The number of aryl methyl sites for hydroxylation is 1. The number of nitrogens with two attached hydrogens (primary N) is 1. The van der Waals surface area contributed by atoms with E-state index >= 15 is 0 Å². The van der Waals surface area contributed by atoms with Crippen LogP contribution in [0, 0.1) is 13.8 Å². The molecule has 0 fully saturated rings. The summed E-state index contributed by atoms with van der Waals surface area (Å²) in [5.74, 6) is -0.580. The fourth-order valence-corrected chi connectivity index (χ4v) is 5.15. The minimum absolute atomic E-state index is 0.0374. The maximum absolute atomic E-state index is 13.3. The van der Waals surface area contributed by atoms with Gasteiger partial charge in [0.2, 0.25) is 15.9 Å². The highest BCUT2D eigenvalue weighted by atomic mass is 35.5. The minimum atomic E-state index is -3.99. The number of carbonyl (C=O) groups excluding carboxylic acids is 1. The van der Waals surface area contributed by atoms with Crippen molar-refractivity contribution in [3.05, 3.63) is 63.1 Å². The molecular weight excluding hydrogens is 395 g/mol. The number of sulfonamides is 1. The van der Waals surface area contributed by atoms with Crippen LogP contribution in [0.2, 0.25) is 10.0 Å². The molecule has 2 aromatic carbocycles. The van der Waals surface area contributed by atoms with Gasteiger partial charge < -0.3 is 5.73 Å². The smallest absolute Gasteiger partial charge is 0.245 e. The molecule has 2 N–H and O–H groups in total. The second kappa shape index (κ2) is 8.39. The zero-order chi connectivity index (χ0) is 19.5. The number of amides is 1. The van der Waals surface area contributed by atoms with E-state index in [2.05, 4.69) is 0 Å². The van der Waals surface area contributed by atoms with Gasteiger partial charge in [-0.3, -0.25) is 4.79 Å². The monoisotopic (exact) mass is 414 g/mol. The van der Waals surface area contributed by atoms with Crippen molar-refractivity contribution in [2.75, 3.05) is 6.54 Å². The molecule has 2 aromatic rings. The highest BCUT2D eigenvalue weighted by molar-refractivity contribution is 7.89. The van der Waals surface area contributed by atoms with Crippen molar-refractivity contribution < 1.29 is 13.2 Å². The summed E-state index contributed by atoms with van der Waals surface area (Å²) >= 11 is 12.5. The molecule has 2 rings (SSSR count). The predicted octanol–water partition coefficient (Wildman–Crippen LogP) is 3.68. The van der Waals surface area contributed by atoms with Crippen LogP contribution in [0.5, 0.6) is 0 Å². The molecule has 0 heterocycles. The molecule has 8 heteroatoms. The van der Waals surface area contributed by atoms with Crippen molar-refractivity contribution in [3.63, 3.8) is 0 Å². The number of benzene rings is 2. The lowest BCUT2D eigenvalue weighted by atomic mass is 10.2. The molecule has 0 aliphatic heterocycles. The van der Waals surface area contributed by atoms with E-state index in [1.54, 1.807) is 19.9 Å². The van der Waals surface area contributed by atoms with Crippen LogP contribution in [0.3, 0.4) is 0 Å². The van der Waals surface area contributed by atoms with Gasteiger partial charge in [0.1, 0.15) is 4.90 Å². The summed E-state index contributed by atoms with van der Waals surface area (Å²) in [4.78, 5) is 11.2. The number of primary amides is 1. The van der Waals surface area contributed by atoms with Crippen LogP contribution < -0.4 is 5.73 Å². The summed E-state index contributed by atoms with van der Waals surface area (Å²) in [6, 6.07) is 10.7. The van der Waals surface area contributed by atoms with Gasteiger partial charge in [-0.25, -0.2) is 8.42 Å². The summed E-state index contributed by atoms with van der Waals surface area (Å²) in [6.45, 7) is 3.35. The van der Waals surface area contributed by atoms with Crippen LogP contribution in [0.1, 0.15) is 23.1 Å². The molecule has 0 spiro atoms. The largest absolute Gasteiger partial charge is 0.370 e. The van der Waals surface area contributed by atoms with Gasteiger partial charge in [-0.15, -0.1) is 0 Å². The average molecular weight is 415 g/mol. The highest BCUT2D eigenvalue weighted by Crippen LogP contribution is 2.35. The summed E-state index contributed by atoms with van der Waals surface area (Å²) in [7, 11) is -3.99. The Morgan fingerprint density at radius 2 is 1.77 bits per heavy atom. The minimum Gasteiger partial charge on any atom is -0.370 e. The van der Waals surface area contributed by atoms with E-state index in [-0.39, 0.29) is 29.4 Å². The molecule has 140 valence electrons. The van der Waals surface area contributed by atoms with Crippen LogP contribution >= 0.6 is 23.2 Å². The second-order valence-electron chi connectivity index (χ2n) is 5.98. The SMILES string of the molecule is Cc1cc(Cl)c(C)c(S(=O)(=O)N(CCC(N)=O)Cc2ccccc2)c1Cl. The van der Waals surface area contributed by atoms with E-state index in [0.717, 1.165) is 5.56 Å². The molecule has 1 amide bonds. The molecule has 0 saturated carbocycles. The first kappa shape index (κ1) is 20.7. The first-order valence-corrected chi connectivity index (χ1v) is 10.1. The Morgan fingerprint density at radius 3 is 2.35 bits per heavy atom. The van der Waals surface area contributed by atoms with Gasteiger partial charge in [0.25, 0.3) is 0 Å². The standard InChI is InChI=1S/C18H20Cl2N2O3S/c1-12-10-15(19)13(2)18(17(12)20)26(24,25)22(9-8-16(21)23)11-14-6-4-3-5-7-14/h3-7,10H,8-9,11H2,1-2H3,(H2,21,23). The Labute approximate surface area is 163 Å². The Balaban J connectivity index is 2.54. The van der Waals surface area contributed by atoms with Crippen molar-refractivity contribution in [2.24, 2.45) is 5.73 Å². The Morgan fingerprint density at radius 1 is 1.15 bits per heavy atom. The second-order valence-corrected chi connectivity index (χ2v) is 8.64. The van der Waals surface area contributed by atoms with Crippen molar-refractivity contribution in [2.45, 2.75) is 31.7 Å². The first-order valence-electron chi connectivity index (χ1n) is 7.92. The zero-order valence-corrected chi connectivity index (χ0v) is 16.8. The molecule has 0 aromatic heterocycles. The van der Waals surface area contributed by atoms with Gasteiger partial charge in [0.05, 0.1) is 5.02 Å². The van der Waals surface area contributed by atoms with Crippen molar-refractivity contribution in [3.8, 4) is 0 Å². The van der Waals surface area contributed by atoms with E-state index < -0.39 is 15.9 Å². The lowest BCUT2D eigenvalue weighted by Crippen LogP contribution is -2.34. The Hall–Kier alpha value is -1.60. The Bertz CT molecular complexity index is 890. The van der Waals surface area contributed by atoms with Gasteiger partial charge in [0, 0.05) is 24.5 Å². The summed E-state index contributed by atoms with van der Waals surface area (Å²) in [5.41, 5.74) is 6.94. The fraction of sp³-hybridized carbons (Fsp3) is 0.278. The van der Waals surface area contributed by atoms with E-state index in [4.69, 9.17) is 28.9 Å². The van der Waals surface area contributed by atoms with Gasteiger partial charge in [-0.05, 0) is 36.6 Å². The van der Waals surface area contributed by atoms with Crippen LogP contribution in [-0.2, 0) is 21.4 Å². The van der Waals surface area contributed by atoms with E-state index in [1.807, 2.05) is 30.3 Å². The normalized spacial score (nSPS) is 11.7. The number of halogens is 2. The number of rotatable bonds is 7. The van der Waals surface area contributed by atoms with Crippen LogP contribution in [-0.4, -0.2) is 25.2 Å². The first-order chi connectivity index (χ1) is 12.1. The molecule has 0 radical (unpaired) electrons. The molecule has 0 bridgehead atoms. The van der Waals surface area contributed by atoms with Gasteiger partial charge in [-0.2, -0.15) is 4.31 Å². The predicted molar refractivity (Wildman–Crippen MR) is 104 cm³/mol. The lowest BCUT2D eigenvalue weighted by molar-refractivity contribution is -0.118. The lowest BCUT2D eigenvalue weighted by Gasteiger charge is -2.24. The average Bonchev–Trinajstić information content (AvgIpc) is 2.57. The molecule has 0 unspecified atom stereocenters. The molecule has 0 atom stereocenters. The van der Waals surface area contributed by atoms with Gasteiger partial charge in [-0.1, -0.05) is 53.5 Å². The van der Waals surface area contributed by atoms with Crippen molar-refractivity contribution >= 4 is 39.1 Å². The third kappa shape index (κ3) is 4.57. The number of hydrogen-bond acceptors (Lipinski definition) is 3. The molecular formula is C18H20Cl2N2O3S. The summed E-state index contributed by atoms with van der Waals surface area (Å²) < 4.78 is 27.9. The highest BCUT2D eigenvalue weighted by Gasteiger charge is 2.30. The Kier molecular flexibility index (Phi) is 6.69. The van der Waals surface area contributed by atoms with Crippen LogP contribution in [0.4, 0.5) is 0 Å². The fourth-order valence-electron chi connectivity index (χ4n) is 2.56. The number of nitrogens with zero attached hydrogens (tertiary/aromatic N) is 1. The molecule has 0 aliphatic carbocycles. The quantitative estimate of drug-likeness (QED) is 0.749. The zero-order valence-electron chi connectivity index (χ0n) is 14.5. The number of carbonyl (C=O) groups is 1. The van der Waals surface area contributed by atoms with Crippen molar-refractivity contribution in [1.29, 1.82) is 0 Å². The van der Waals surface area contributed by atoms with Crippen molar-refractivity contribution in [1.82, 2.24) is 4.31 Å². The van der Waals surface area contributed by atoms with Gasteiger partial charge in [0.15, 0.2) is 0 Å². The van der Waals surface area contributed by atoms with E-state index in [1.165, 1.54) is 4.31 Å². The summed E-state index contributed by atoms with van der Waals surface area (Å²) in [5, 5.41) is 0.448. The van der Waals surface area contributed by atoms with Gasteiger partial charge >= 0.3 is 0 Å². The summed E-state index contributed by atoms with van der Waals surface area (Å²) in [6.07, 6.45) is -0.0950. The molecule has 26 heavy (non-hydrogen) atoms. The van der Waals surface area contributed by atoms with E-state index in [9.17, 15) is 13.2 Å². The molecule has 0 saturated heterocycles. The third-order valence-corrected chi connectivity index (χ3v) is 7.00. The maximum atomic E-state index is 13.3. The van der Waals surface area contributed by atoms with E-state index in [0.29, 0.717) is 16.1 Å².